The number of benzene rings is 1. The number of hydrogen-bond donors (Lipinski definition) is 0. The first-order valence-electron chi connectivity index (χ1n) is 6.64. The highest BCUT2D eigenvalue weighted by molar-refractivity contribution is 5.48. The van der Waals surface area contributed by atoms with Crippen molar-refractivity contribution in [3.63, 3.8) is 0 Å². The van der Waals surface area contributed by atoms with E-state index in [1.165, 1.54) is 6.20 Å². The first kappa shape index (κ1) is 13.4. The Morgan fingerprint density at radius 2 is 2.10 bits per heavy atom. The van der Waals surface area contributed by atoms with Crippen LogP contribution in [0.2, 0.25) is 0 Å². The molecule has 1 aromatic heterocycles. The second-order valence-electron chi connectivity index (χ2n) is 5.27. The topological polar surface area (TPSA) is 73.4 Å². The van der Waals surface area contributed by atoms with Crippen molar-refractivity contribution in [3.05, 3.63) is 46.6 Å². The van der Waals surface area contributed by atoms with Crippen LogP contribution in [0.3, 0.4) is 0 Å². The number of imidazole rings is 1. The van der Waals surface area contributed by atoms with Crippen molar-refractivity contribution in [2.75, 3.05) is 11.9 Å². The highest BCUT2D eigenvalue weighted by Crippen LogP contribution is 2.42. The van der Waals surface area contributed by atoms with Gasteiger partial charge in [0, 0.05) is 17.7 Å². The molecule has 21 heavy (non-hydrogen) atoms. The van der Waals surface area contributed by atoms with Gasteiger partial charge in [-0.3, -0.25) is 4.57 Å². The van der Waals surface area contributed by atoms with Gasteiger partial charge in [0.2, 0.25) is 5.72 Å². The van der Waals surface area contributed by atoms with Gasteiger partial charge in [-0.1, -0.05) is 18.2 Å². The molecular formula is C14H16N4O3. The predicted octanol–water partition coefficient (Wildman–Crippen LogP) is 2.60. The van der Waals surface area contributed by atoms with Crippen molar-refractivity contribution in [2.24, 2.45) is 0 Å². The Balaban J connectivity index is 1.94. The van der Waals surface area contributed by atoms with Crippen molar-refractivity contribution in [1.29, 1.82) is 0 Å². The molecule has 1 unspecified atom stereocenters. The maximum atomic E-state index is 10.8. The summed E-state index contributed by atoms with van der Waals surface area (Å²) in [5, 5.41) is 10.8. The summed E-state index contributed by atoms with van der Waals surface area (Å²) in [6.45, 7) is 3.91. The van der Waals surface area contributed by atoms with Crippen LogP contribution in [0, 0.1) is 10.1 Å². The summed E-state index contributed by atoms with van der Waals surface area (Å²) < 4.78 is 7.63. The largest absolute Gasteiger partial charge is 0.417 e. The Bertz CT molecular complexity index is 685. The Morgan fingerprint density at radius 3 is 2.67 bits per heavy atom. The normalized spacial score (nSPS) is 23.5. The molecule has 2 heterocycles. The van der Waals surface area contributed by atoms with Crippen molar-refractivity contribution in [1.82, 2.24) is 9.55 Å². The van der Waals surface area contributed by atoms with Crippen LogP contribution < -0.4 is 9.64 Å². The SMILES string of the molecule is CC1n2cc([N+](=O)[O-])nc2O[C@]1(C)N(C)c1ccccc1. The van der Waals surface area contributed by atoms with Crippen LogP contribution >= 0.6 is 0 Å². The molecule has 7 heteroatoms. The number of nitro groups is 1. The Kier molecular flexibility index (Phi) is 2.86. The monoisotopic (exact) mass is 288 g/mol. The average Bonchev–Trinajstić information content (AvgIpc) is 2.99. The smallest absolute Gasteiger partial charge is 0.416 e. The Labute approximate surface area is 121 Å². The Morgan fingerprint density at radius 1 is 1.43 bits per heavy atom. The summed E-state index contributed by atoms with van der Waals surface area (Å²) >= 11 is 0. The van der Waals surface area contributed by atoms with Crippen LogP contribution in [0.4, 0.5) is 11.5 Å². The maximum absolute atomic E-state index is 10.8. The number of rotatable bonds is 3. The van der Waals surface area contributed by atoms with E-state index in [1.54, 1.807) is 4.57 Å². The first-order chi connectivity index (χ1) is 9.93. The highest BCUT2D eigenvalue weighted by Gasteiger charge is 2.49. The fourth-order valence-corrected chi connectivity index (χ4v) is 2.59. The molecule has 0 fully saturated rings. The van der Waals surface area contributed by atoms with Gasteiger partial charge in [0.1, 0.15) is 6.20 Å². The van der Waals surface area contributed by atoms with Gasteiger partial charge >= 0.3 is 11.8 Å². The standard InChI is InChI=1S/C14H16N4O3/c1-10-14(2,16(3)11-7-5-4-6-8-11)21-13-15-12(18(19)20)9-17(10)13/h4-10H,1-3H3/t10?,14-/m0/s1. The molecule has 0 aliphatic carbocycles. The second-order valence-corrected chi connectivity index (χ2v) is 5.27. The number of ether oxygens (including phenoxy) is 1. The number of para-hydroxylation sites is 1. The van der Waals surface area contributed by atoms with Crippen LogP contribution in [0.25, 0.3) is 0 Å². The van der Waals surface area contributed by atoms with E-state index in [4.69, 9.17) is 4.74 Å². The molecule has 1 aromatic carbocycles. The second kappa shape index (κ2) is 4.47. The van der Waals surface area contributed by atoms with Crippen molar-refractivity contribution in [3.8, 4) is 6.01 Å². The third-order valence-electron chi connectivity index (χ3n) is 4.17. The van der Waals surface area contributed by atoms with Crippen LogP contribution in [0.1, 0.15) is 19.9 Å². The Hall–Kier alpha value is -2.57. The van der Waals surface area contributed by atoms with E-state index >= 15 is 0 Å². The summed E-state index contributed by atoms with van der Waals surface area (Å²) in [5.41, 5.74) is 0.353. The van der Waals surface area contributed by atoms with Crippen molar-refractivity contribution < 1.29 is 9.66 Å². The molecule has 0 radical (unpaired) electrons. The third kappa shape index (κ3) is 1.93. The summed E-state index contributed by atoms with van der Waals surface area (Å²) in [6.07, 6.45) is 1.42. The maximum Gasteiger partial charge on any atom is 0.416 e. The van der Waals surface area contributed by atoms with E-state index in [0.717, 1.165) is 5.69 Å². The van der Waals surface area contributed by atoms with Gasteiger partial charge in [0.05, 0.1) is 6.04 Å². The van der Waals surface area contributed by atoms with Crippen molar-refractivity contribution >= 4 is 11.5 Å². The minimum absolute atomic E-state index is 0.112. The quantitative estimate of drug-likeness (QED) is 0.641. The summed E-state index contributed by atoms with van der Waals surface area (Å²) in [7, 11) is 1.94. The lowest BCUT2D eigenvalue weighted by Gasteiger charge is -2.38. The van der Waals surface area contributed by atoms with Gasteiger partial charge < -0.3 is 19.8 Å². The molecule has 0 amide bonds. The number of anilines is 1. The van der Waals surface area contributed by atoms with Crippen LogP contribution in [-0.2, 0) is 0 Å². The van der Waals surface area contributed by atoms with E-state index < -0.39 is 10.6 Å². The molecule has 0 N–H and O–H groups in total. The zero-order valence-corrected chi connectivity index (χ0v) is 12.1. The summed E-state index contributed by atoms with van der Waals surface area (Å²) in [4.78, 5) is 16.2. The third-order valence-corrected chi connectivity index (χ3v) is 4.17. The molecule has 7 nitrogen and oxygen atoms in total. The van der Waals surface area contributed by atoms with Gasteiger partial charge in [0.25, 0.3) is 0 Å². The fourth-order valence-electron chi connectivity index (χ4n) is 2.59. The number of fused-ring (bicyclic) bond motifs is 1. The molecule has 0 saturated carbocycles. The number of nitrogens with zero attached hydrogens (tertiary/aromatic N) is 4. The molecule has 2 atom stereocenters. The fraction of sp³-hybridized carbons (Fsp3) is 0.357. The van der Waals surface area contributed by atoms with E-state index in [-0.39, 0.29) is 17.9 Å². The van der Waals surface area contributed by atoms with Gasteiger partial charge in [0.15, 0.2) is 0 Å². The average molecular weight is 288 g/mol. The van der Waals surface area contributed by atoms with Crippen LogP contribution in [0.5, 0.6) is 6.01 Å². The predicted molar refractivity (Wildman–Crippen MR) is 77.5 cm³/mol. The zero-order chi connectivity index (χ0) is 15.2. The van der Waals surface area contributed by atoms with Crippen LogP contribution in [-0.4, -0.2) is 27.2 Å². The molecule has 1 aliphatic heterocycles. The van der Waals surface area contributed by atoms with E-state index in [0.29, 0.717) is 0 Å². The lowest BCUT2D eigenvalue weighted by Crippen LogP contribution is -2.50. The molecule has 2 aromatic rings. The van der Waals surface area contributed by atoms with E-state index in [1.807, 2.05) is 56.1 Å². The zero-order valence-electron chi connectivity index (χ0n) is 12.1. The van der Waals surface area contributed by atoms with E-state index in [9.17, 15) is 10.1 Å². The molecule has 3 rings (SSSR count). The van der Waals surface area contributed by atoms with Crippen molar-refractivity contribution in [2.45, 2.75) is 25.6 Å². The minimum atomic E-state index is -0.654. The number of aromatic nitrogens is 2. The number of hydrogen-bond acceptors (Lipinski definition) is 5. The molecular weight excluding hydrogens is 272 g/mol. The molecule has 0 bridgehead atoms. The summed E-state index contributed by atoms with van der Waals surface area (Å²) in [6, 6.07) is 10.0. The molecule has 110 valence electrons. The molecule has 0 saturated heterocycles. The summed E-state index contributed by atoms with van der Waals surface area (Å²) in [5.74, 6) is -0.193. The lowest BCUT2D eigenvalue weighted by atomic mass is 10.1. The van der Waals surface area contributed by atoms with Gasteiger partial charge in [-0.15, -0.1) is 0 Å². The molecule has 1 aliphatic rings. The van der Waals surface area contributed by atoms with Gasteiger partial charge in [-0.2, -0.15) is 0 Å². The van der Waals surface area contributed by atoms with E-state index in [2.05, 4.69) is 4.98 Å². The highest BCUT2D eigenvalue weighted by atomic mass is 16.6. The molecule has 0 spiro atoms. The minimum Gasteiger partial charge on any atom is -0.417 e. The lowest BCUT2D eigenvalue weighted by molar-refractivity contribution is -0.389. The first-order valence-corrected chi connectivity index (χ1v) is 6.64. The van der Waals surface area contributed by atoms with Gasteiger partial charge in [-0.05, 0) is 30.9 Å². The van der Waals surface area contributed by atoms with Crippen LogP contribution in [0.15, 0.2) is 36.5 Å². The van der Waals surface area contributed by atoms with Gasteiger partial charge in [-0.25, -0.2) is 0 Å². The number of likely N-dealkylation sites (N-methyl/N-ethyl adjacent to an activating group) is 1.